The van der Waals surface area contributed by atoms with E-state index in [9.17, 15) is 0 Å². The lowest BCUT2D eigenvalue weighted by molar-refractivity contribution is -0.171. The Hall–Kier alpha value is -1.45. The van der Waals surface area contributed by atoms with Crippen LogP contribution in [0.5, 0.6) is 5.75 Å². The molecular weight excluding hydrogens is 406 g/mol. The van der Waals surface area contributed by atoms with Crippen molar-refractivity contribution in [2.24, 2.45) is 21.5 Å². The molecule has 0 bridgehead atoms. The summed E-state index contributed by atoms with van der Waals surface area (Å²) in [5.74, 6) is 3.32. The number of benzene rings is 1. The van der Waals surface area contributed by atoms with Crippen molar-refractivity contribution in [2.75, 3.05) is 24.7 Å². The molecule has 1 saturated heterocycles. The Kier molecular flexibility index (Phi) is 6.08. The molecule has 7 nitrogen and oxygen atoms in total. The van der Waals surface area contributed by atoms with Gasteiger partial charge in [-0.05, 0) is 35.8 Å². The van der Waals surface area contributed by atoms with Crippen molar-refractivity contribution in [1.82, 2.24) is 5.06 Å². The van der Waals surface area contributed by atoms with Gasteiger partial charge in [-0.15, -0.1) is 0 Å². The number of thioether (sulfide) groups is 1. The number of halogens is 1. The number of ether oxygens (including phenoxy) is 1. The minimum atomic E-state index is -0.520. The zero-order chi connectivity index (χ0) is 17.7. The second-order valence-electron chi connectivity index (χ2n) is 5.82. The van der Waals surface area contributed by atoms with Gasteiger partial charge in [0.2, 0.25) is 11.9 Å². The summed E-state index contributed by atoms with van der Waals surface area (Å²) >= 11 is 5.30. The van der Waals surface area contributed by atoms with Gasteiger partial charge in [-0.3, -0.25) is 4.84 Å². The van der Waals surface area contributed by atoms with E-state index >= 15 is 0 Å². The Morgan fingerprint density at radius 2 is 1.88 bits per heavy atom. The zero-order valence-electron chi connectivity index (χ0n) is 13.9. The summed E-state index contributed by atoms with van der Waals surface area (Å²) in [5, 5.41) is 1.64. The Morgan fingerprint density at radius 1 is 1.16 bits per heavy atom. The third-order valence-electron chi connectivity index (χ3n) is 4.02. The lowest BCUT2D eigenvalue weighted by Gasteiger charge is -2.43. The van der Waals surface area contributed by atoms with Crippen molar-refractivity contribution in [2.45, 2.75) is 24.9 Å². The van der Waals surface area contributed by atoms with Gasteiger partial charge in [0.05, 0.1) is 13.2 Å². The smallest absolute Gasteiger partial charge is 0.226 e. The molecule has 1 aromatic carbocycles. The van der Waals surface area contributed by atoms with Gasteiger partial charge >= 0.3 is 0 Å². The monoisotopic (exact) mass is 427 g/mol. The second-order valence-corrected chi connectivity index (χ2v) is 7.96. The summed E-state index contributed by atoms with van der Waals surface area (Å²) in [5.41, 5.74) is 11.3. The minimum absolute atomic E-state index is 0.225. The highest BCUT2D eigenvalue weighted by atomic mass is 79.9. The average molecular weight is 428 g/mol. The van der Waals surface area contributed by atoms with Crippen LogP contribution in [0, 0.1) is 0 Å². The maximum Gasteiger partial charge on any atom is 0.226 e. The topological polar surface area (TPSA) is 98.5 Å². The molecule has 2 aliphatic rings. The summed E-state index contributed by atoms with van der Waals surface area (Å²) in [6.45, 7) is 1.03. The minimum Gasteiger partial charge on any atom is -0.494 e. The first-order valence-electron chi connectivity index (χ1n) is 8.18. The second kappa shape index (κ2) is 8.29. The number of nitrogens with zero attached hydrogens (tertiary/aromatic N) is 3. The molecule has 1 aromatic rings. The van der Waals surface area contributed by atoms with Crippen molar-refractivity contribution < 1.29 is 9.57 Å². The molecule has 0 unspecified atom stereocenters. The van der Waals surface area contributed by atoms with Crippen LogP contribution in [0.25, 0.3) is 0 Å². The van der Waals surface area contributed by atoms with E-state index in [0.29, 0.717) is 13.2 Å². The number of hydrogen-bond donors (Lipinski definition) is 2. The predicted molar refractivity (Wildman–Crippen MR) is 105 cm³/mol. The highest BCUT2D eigenvalue weighted by molar-refractivity contribution is 9.10. The molecule has 2 aliphatic heterocycles. The van der Waals surface area contributed by atoms with Crippen molar-refractivity contribution in [1.29, 1.82) is 0 Å². The van der Waals surface area contributed by atoms with E-state index in [4.69, 9.17) is 21.0 Å². The van der Waals surface area contributed by atoms with Crippen LogP contribution in [0.1, 0.15) is 19.3 Å². The van der Waals surface area contributed by atoms with Crippen molar-refractivity contribution in [3.63, 3.8) is 0 Å². The Morgan fingerprint density at radius 3 is 2.60 bits per heavy atom. The average Bonchev–Trinajstić information content (AvgIpc) is 2.59. The van der Waals surface area contributed by atoms with Gasteiger partial charge in [0, 0.05) is 23.7 Å². The fourth-order valence-electron chi connectivity index (χ4n) is 2.79. The van der Waals surface area contributed by atoms with Gasteiger partial charge < -0.3 is 16.2 Å². The molecule has 136 valence electrons. The van der Waals surface area contributed by atoms with Crippen LogP contribution in [0.4, 0.5) is 0 Å². The zero-order valence-corrected chi connectivity index (χ0v) is 16.3. The first-order chi connectivity index (χ1) is 12.1. The van der Waals surface area contributed by atoms with Gasteiger partial charge in [-0.2, -0.15) is 21.8 Å². The summed E-state index contributed by atoms with van der Waals surface area (Å²) in [4.78, 5) is 14.5. The van der Waals surface area contributed by atoms with Gasteiger partial charge in [0.1, 0.15) is 5.75 Å². The molecule has 0 aromatic heterocycles. The molecule has 4 N–H and O–H groups in total. The molecule has 3 rings (SSSR count). The molecule has 0 aliphatic carbocycles. The molecule has 0 amide bonds. The van der Waals surface area contributed by atoms with E-state index in [1.165, 1.54) is 0 Å². The van der Waals surface area contributed by atoms with Gasteiger partial charge in [0.25, 0.3) is 0 Å². The highest BCUT2D eigenvalue weighted by Crippen LogP contribution is 2.35. The van der Waals surface area contributed by atoms with E-state index in [1.807, 2.05) is 36.0 Å². The fourth-order valence-corrected chi connectivity index (χ4v) is 4.21. The lowest BCUT2D eigenvalue weighted by atomic mass is 10.0. The first kappa shape index (κ1) is 18.3. The molecule has 0 atom stereocenters. The van der Waals surface area contributed by atoms with Gasteiger partial charge in [0.15, 0.2) is 5.66 Å². The number of aliphatic imine (C=N–C) groups is 2. The SMILES string of the molecule is NC1=NC2(CCSCC2)N(OCCCOc2ccc(Br)cc2)C(N)=N1. The number of nitrogens with two attached hydrogens (primary N) is 2. The van der Waals surface area contributed by atoms with Crippen molar-refractivity contribution in [3.8, 4) is 5.75 Å². The van der Waals surface area contributed by atoms with E-state index in [1.54, 1.807) is 5.06 Å². The third kappa shape index (κ3) is 4.59. The van der Waals surface area contributed by atoms with Gasteiger partial charge in [-0.1, -0.05) is 15.9 Å². The standard InChI is InChI=1S/C16H22BrN5O2S/c17-12-2-4-13(5-3-12)23-8-1-9-24-22-15(19)20-14(18)21-16(22)6-10-25-11-7-16/h2-5H,1,6-11H2,(H4,18,19,20,21). The number of rotatable bonds is 6. The normalized spacial score (nSPS) is 19.5. The summed E-state index contributed by atoms with van der Waals surface area (Å²) in [6, 6.07) is 7.74. The third-order valence-corrected chi connectivity index (χ3v) is 5.54. The molecule has 0 radical (unpaired) electrons. The van der Waals surface area contributed by atoms with E-state index < -0.39 is 5.66 Å². The van der Waals surface area contributed by atoms with E-state index in [0.717, 1.165) is 41.0 Å². The van der Waals surface area contributed by atoms with Crippen LogP contribution in [-0.4, -0.2) is 47.4 Å². The van der Waals surface area contributed by atoms with Crippen LogP contribution < -0.4 is 16.2 Å². The molecule has 1 fully saturated rings. The molecule has 9 heteroatoms. The molecule has 2 heterocycles. The maximum atomic E-state index is 6.04. The highest BCUT2D eigenvalue weighted by Gasteiger charge is 2.43. The molecule has 1 spiro atoms. The lowest BCUT2D eigenvalue weighted by Crippen LogP contribution is -2.58. The van der Waals surface area contributed by atoms with Crippen LogP contribution in [-0.2, 0) is 4.84 Å². The van der Waals surface area contributed by atoms with Crippen LogP contribution in [0.3, 0.4) is 0 Å². The van der Waals surface area contributed by atoms with Crippen LogP contribution in [0.15, 0.2) is 38.7 Å². The fraction of sp³-hybridized carbons (Fsp3) is 0.500. The van der Waals surface area contributed by atoms with Crippen molar-refractivity contribution in [3.05, 3.63) is 28.7 Å². The maximum absolute atomic E-state index is 6.04. The summed E-state index contributed by atoms with van der Waals surface area (Å²) in [6.07, 6.45) is 2.40. The quantitative estimate of drug-likeness (QED) is 0.675. The van der Waals surface area contributed by atoms with E-state index in [2.05, 4.69) is 25.9 Å². The summed E-state index contributed by atoms with van der Waals surface area (Å²) in [7, 11) is 0. The predicted octanol–water partition coefficient (Wildman–Crippen LogP) is 2.32. The summed E-state index contributed by atoms with van der Waals surface area (Å²) < 4.78 is 6.73. The molecule has 25 heavy (non-hydrogen) atoms. The van der Waals surface area contributed by atoms with E-state index in [-0.39, 0.29) is 11.9 Å². The molecular formula is C16H22BrN5O2S. The Balaban J connectivity index is 1.50. The number of hydroxylamine groups is 2. The van der Waals surface area contributed by atoms with Gasteiger partial charge in [-0.25, -0.2) is 4.99 Å². The number of hydrogen-bond acceptors (Lipinski definition) is 8. The Labute approximate surface area is 159 Å². The van der Waals surface area contributed by atoms with Crippen molar-refractivity contribution >= 4 is 39.6 Å². The Bertz CT molecular complexity index is 646. The first-order valence-corrected chi connectivity index (χ1v) is 10.1. The molecule has 0 saturated carbocycles. The van der Waals surface area contributed by atoms with Crippen LogP contribution in [0.2, 0.25) is 0 Å². The largest absolute Gasteiger partial charge is 0.494 e. The number of guanidine groups is 2. The van der Waals surface area contributed by atoms with Crippen LogP contribution >= 0.6 is 27.7 Å².